The molecule has 0 saturated heterocycles. The molecule has 0 unspecified atom stereocenters. The van der Waals surface area contributed by atoms with Crippen molar-refractivity contribution in [2.45, 2.75) is 39.7 Å². The van der Waals surface area contributed by atoms with Crippen molar-refractivity contribution in [1.82, 2.24) is 14.7 Å². The van der Waals surface area contributed by atoms with Crippen molar-refractivity contribution >= 4 is 22.9 Å². The molecule has 7 nitrogen and oxygen atoms in total. The molecule has 0 aliphatic carbocycles. The molecule has 1 amide bonds. The van der Waals surface area contributed by atoms with Crippen molar-refractivity contribution in [3.05, 3.63) is 69.0 Å². The Morgan fingerprint density at radius 3 is 2.38 bits per heavy atom. The zero-order valence-corrected chi connectivity index (χ0v) is 17.2. The summed E-state index contributed by atoms with van der Waals surface area (Å²) in [6.45, 7) is 8.57. The van der Waals surface area contributed by atoms with E-state index in [9.17, 15) is 19.5 Å². The number of hydrogen-bond acceptors (Lipinski definition) is 3. The minimum absolute atomic E-state index is 0.0254. The molecule has 0 atom stereocenters. The molecule has 0 bridgehead atoms. The van der Waals surface area contributed by atoms with Crippen LogP contribution in [0.25, 0.3) is 10.9 Å². The Balaban J connectivity index is 2.00. The lowest BCUT2D eigenvalue weighted by Gasteiger charge is -2.24. The Morgan fingerprint density at radius 2 is 1.76 bits per heavy atom. The van der Waals surface area contributed by atoms with Gasteiger partial charge in [0.05, 0.1) is 16.5 Å². The minimum Gasteiger partial charge on any atom is -0.478 e. The Bertz CT molecular complexity index is 1180. The Morgan fingerprint density at radius 1 is 1.10 bits per heavy atom. The first-order chi connectivity index (χ1) is 13.5. The third-order valence-corrected chi connectivity index (χ3v) is 5.14. The van der Waals surface area contributed by atoms with Crippen molar-refractivity contribution in [2.24, 2.45) is 7.05 Å². The smallest absolute Gasteiger partial charge is 0.344 e. The highest BCUT2D eigenvalue weighted by Crippen LogP contribution is 2.27. The molecule has 1 heterocycles. The van der Waals surface area contributed by atoms with Gasteiger partial charge in [-0.2, -0.15) is 4.68 Å². The summed E-state index contributed by atoms with van der Waals surface area (Å²) in [6, 6.07) is 9.84. The lowest BCUT2D eigenvalue weighted by Crippen LogP contribution is -2.38. The molecular formula is C22H25N3O4. The van der Waals surface area contributed by atoms with E-state index in [0.717, 1.165) is 21.4 Å². The number of para-hydroxylation sites is 1. The van der Waals surface area contributed by atoms with E-state index in [4.69, 9.17) is 0 Å². The van der Waals surface area contributed by atoms with E-state index in [1.807, 2.05) is 25.1 Å². The van der Waals surface area contributed by atoms with E-state index in [1.54, 1.807) is 0 Å². The number of carboxylic acid groups (broad SMARTS) is 1. The number of aromatic nitrogens is 2. The van der Waals surface area contributed by atoms with Gasteiger partial charge in [0.1, 0.15) is 0 Å². The third kappa shape index (κ3) is 3.55. The van der Waals surface area contributed by atoms with Crippen molar-refractivity contribution in [1.29, 1.82) is 0 Å². The number of fused-ring (bicyclic) bond motifs is 1. The highest BCUT2D eigenvalue weighted by molar-refractivity contribution is 6.02. The van der Waals surface area contributed by atoms with Crippen LogP contribution in [0.15, 0.2) is 41.2 Å². The van der Waals surface area contributed by atoms with Crippen LogP contribution in [0.4, 0.5) is 4.79 Å². The van der Waals surface area contributed by atoms with Crippen LogP contribution in [-0.4, -0.2) is 26.5 Å². The predicted octanol–water partition coefficient (Wildman–Crippen LogP) is 3.40. The number of hydrogen-bond donors (Lipinski definition) is 2. The molecule has 1 aromatic heterocycles. The second-order valence-corrected chi connectivity index (χ2v) is 8.16. The molecular weight excluding hydrogens is 370 g/mol. The predicted molar refractivity (Wildman–Crippen MR) is 112 cm³/mol. The van der Waals surface area contributed by atoms with Gasteiger partial charge in [-0.3, -0.25) is 9.48 Å². The molecule has 0 saturated carbocycles. The molecule has 2 N–H and O–H groups in total. The van der Waals surface area contributed by atoms with E-state index < -0.39 is 17.6 Å². The van der Waals surface area contributed by atoms with E-state index in [-0.39, 0.29) is 28.4 Å². The Kier molecular flexibility index (Phi) is 5.09. The molecule has 0 radical (unpaired) electrons. The number of nitrogens with one attached hydrogen (secondary N) is 1. The summed E-state index contributed by atoms with van der Waals surface area (Å²) < 4.78 is 2.23. The first kappa shape index (κ1) is 20.4. The van der Waals surface area contributed by atoms with Gasteiger partial charge in [-0.25, -0.2) is 9.59 Å². The number of carboxylic acids is 1. The first-order valence-electron chi connectivity index (χ1n) is 9.35. The molecule has 3 aromatic rings. The fourth-order valence-corrected chi connectivity index (χ4v) is 3.69. The van der Waals surface area contributed by atoms with Gasteiger partial charge in [-0.15, -0.1) is 0 Å². The van der Waals surface area contributed by atoms with Crippen LogP contribution in [0.1, 0.15) is 47.8 Å². The van der Waals surface area contributed by atoms with Crippen LogP contribution >= 0.6 is 0 Å². The van der Waals surface area contributed by atoms with Gasteiger partial charge in [-0.1, -0.05) is 45.0 Å². The number of amides is 1. The standard InChI is InChI=1S/C22H25N3O4/c1-13-8-6-11-17(22(2,3)4)16(13)12-23-21(29)25-19(26)14-9-7-10-15(20(27)28)18(14)24(25)5/h6-11H,12H2,1-5H3,(H,23,29)(H,27,28). The molecule has 2 aromatic carbocycles. The SMILES string of the molecule is Cc1cccc(C(C)(C)C)c1CNC(=O)n1c(=O)c2cccc(C(=O)O)c2n1C. The van der Waals surface area contributed by atoms with Crippen LogP contribution in [-0.2, 0) is 19.0 Å². The maximum absolute atomic E-state index is 12.9. The van der Waals surface area contributed by atoms with Crippen LogP contribution in [0.2, 0.25) is 0 Å². The van der Waals surface area contributed by atoms with Crippen LogP contribution in [0.5, 0.6) is 0 Å². The van der Waals surface area contributed by atoms with E-state index in [2.05, 4.69) is 26.1 Å². The number of carbonyl (C=O) groups excluding carboxylic acids is 1. The summed E-state index contributed by atoms with van der Waals surface area (Å²) in [7, 11) is 1.50. The van der Waals surface area contributed by atoms with Gasteiger partial charge in [0.15, 0.2) is 0 Å². The zero-order chi connectivity index (χ0) is 21.5. The number of aromatic carboxylic acids is 1. The highest BCUT2D eigenvalue weighted by Gasteiger charge is 2.23. The van der Waals surface area contributed by atoms with Crippen LogP contribution in [0, 0.1) is 6.92 Å². The summed E-state index contributed by atoms with van der Waals surface area (Å²) in [5, 5.41) is 12.4. The quantitative estimate of drug-likeness (QED) is 0.711. The highest BCUT2D eigenvalue weighted by atomic mass is 16.4. The van der Waals surface area contributed by atoms with Crippen molar-refractivity contribution in [3.8, 4) is 0 Å². The van der Waals surface area contributed by atoms with Crippen molar-refractivity contribution in [3.63, 3.8) is 0 Å². The summed E-state index contributed by atoms with van der Waals surface area (Å²) >= 11 is 0. The lowest BCUT2D eigenvalue weighted by molar-refractivity contribution is 0.0698. The zero-order valence-electron chi connectivity index (χ0n) is 17.2. The second kappa shape index (κ2) is 7.24. The lowest BCUT2D eigenvalue weighted by atomic mass is 9.82. The summed E-state index contributed by atoms with van der Waals surface area (Å²) in [4.78, 5) is 37.1. The maximum Gasteiger partial charge on any atom is 0.344 e. The molecule has 29 heavy (non-hydrogen) atoms. The number of nitrogens with zero attached hydrogens (tertiary/aromatic N) is 2. The Labute approximate surface area is 168 Å². The van der Waals surface area contributed by atoms with Gasteiger partial charge in [0.2, 0.25) is 0 Å². The molecule has 152 valence electrons. The summed E-state index contributed by atoms with van der Waals surface area (Å²) in [5.41, 5.74) is 2.72. The molecule has 0 fully saturated rings. The number of benzene rings is 2. The van der Waals surface area contributed by atoms with Crippen molar-refractivity contribution < 1.29 is 14.7 Å². The number of aryl methyl sites for hydroxylation is 2. The fourth-order valence-electron chi connectivity index (χ4n) is 3.69. The molecule has 3 rings (SSSR count). The number of carbonyl (C=O) groups is 2. The van der Waals surface area contributed by atoms with Gasteiger partial charge < -0.3 is 10.4 Å². The topological polar surface area (TPSA) is 93.3 Å². The maximum atomic E-state index is 12.9. The van der Waals surface area contributed by atoms with E-state index >= 15 is 0 Å². The van der Waals surface area contributed by atoms with E-state index in [1.165, 1.54) is 29.9 Å². The average molecular weight is 395 g/mol. The minimum atomic E-state index is -1.15. The van der Waals surface area contributed by atoms with Gasteiger partial charge in [0, 0.05) is 13.6 Å². The Hall–Kier alpha value is -3.35. The monoisotopic (exact) mass is 395 g/mol. The van der Waals surface area contributed by atoms with Crippen LogP contribution in [0.3, 0.4) is 0 Å². The van der Waals surface area contributed by atoms with E-state index in [0.29, 0.717) is 0 Å². The molecule has 0 spiro atoms. The molecule has 0 aliphatic heterocycles. The second-order valence-electron chi connectivity index (χ2n) is 8.16. The summed E-state index contributed by atoms with van der Waals surface area (Å²) in [5.74, 6) is -1.15. The van der Waals surface area contributed by atoms with Gasteiger partial charge in [0.25, 0.3) is 5.56 Å². The normalized spacial score (nSPS) is 11.6. The van der Waals surface area contributed by atoms with Crippen LogP contribution < -0.4 is 10.9 Å². The summed E-state index contributed by atoms with van der Waals surface area (Å²) in [6.07, 6.45) is 0. The average Bonchev–Trinajstić information content (AvgIpc) is 2.90. The number of rotatable bonds is 3. The van der Waals surface area contributed by atoms with Gasteiger partial charge in [-0.05, 0) is 41.2 Å². The molecule has 0 aliphatic rings. The van der Waals surface area contributed by atoms with Gasteiger partial charge >= 0.3 is 12.0 Å². The third-order valence-electron chi connectivity index (χ3n) is 5.14. The fraction of sp³-hybridized carbons (Fsp3) is 0.318. The first-order valence-corrected chi connectivity index (χ1v) is 9.35. The largest absolute Gasteiger partial charge is 0.478 e. The molecule has 7 heteroatoms. The van der Waals surface area contributed by atoms with Crippen molar-refractivity contribution in [2.75, 3.05) is 0 Å².